The molecule has 0 amide bonds. The number of aliphatic hydroxyl groups excluding tert-OH is 1. The summed E-state index contributed by atoms with van der Waals surface area (Å²) < 4.78 is 1.92. The van der Waals surface area contributed by atoms with Gasteiger partial charge in [0.2, 0.25) is 0 Å². The van der Waals surface area contributed by atoms with Crippen molar-refractivity contribution in [2.45, 2.75) is 20.1 Å². The normalized spacial score (nSPS) is 11.2. The first-order chi connectivity index (χ1) is 6.15. The van der Waals surface area contributed by atoms with Crippen LogP contribution in [-0.4, -0.2) is 40.4 Å². The van der Waals surface area contributed by atoms with Gasteiger partial charge >= 0.3 is 0 Å². The quantitative estimate of drug-likeness (QED) is 0.727. The van der Waals surface area contributed by atoms with E-state index < -0.39 is 0 Å². The first-order valence-corrected chi connectivity index (χ1v) is 4.42. The summed E-state index contributed by atoms with van der Waals surface area (Å²) in [5.74, 6) is 0. The molecule has 1 N–H and O–H groups in total. The zero-order valence-electron chi connectivity index (χ0n) is 8.49. The predicted octanol–water partition coefficient (Wildman–Crippen LogP) is 0.245. The molecule has 0 aromatic carbocycles. The Bertz CT molecular complexity index is 268. The molecule has 0 saturated heterocycles. The lowest BCUT2D eigenvalue weighted by atomic mass is 10.3. The molecule has 4 nitrogen and oxygen atoms in total. The maximum absolute atomic E-state index is 8.95. The molecule has 13 heavy (non-hydrogen) atoms. The summed E-state index contributed by atoms with van der Waals surface area (Å²) in [5, 5.41) is 13.1. The summed E-state index contributed by atoms with van der Waals surface area (Å²) in [6.07, 6.45) is 1.73. The Morgan fingerprint density at radius 2 is 2.23 bits per heavy atom. The van der Waals surface area contributed by atoms with E-state index in [0.717, 1.165) is 24.3 Å². The lowest BCUT2D eigenvalue weighted by molar-refractivity contribution is 0.280. The average molecular weight is 183 g/mol. The van der Waals surface area contributed by atoms with Gasteiger partial charge in [-0.1, -0.05) is 0 Å². The monoisotopic (exact) mass is 183 g/mol. The topological polar surface area (TPSA) is 41.3 Å². The molecule has 4 heteroatoms. The molecule has 0 bridgehead atoms. The van der Waals surface area contributed by atoms with Crippen LogP contribution in [0.5, 0.6) is 0 Å². The third kappa shape index (κ3) is 2.54. The number of rotatable bonds is 4. The Labute approximate surface area is 78.8 Å². The Hall–Kier alpha value is -0.870. The molecule has 0 unspecified atom stereocenters. The molecule has 1 aromatic rings. The first-order valence-electron chi connectivity index (χ1n) is 4.42. The third-order valence-corrected chi connectivity index (χ3v) is 2.13. The van der Waals surface area contributed by atoms with Gasteiger partial charge in [-0.2, -0.15) is 5.10 Å². The molecule has 1 aromatic heterocycles. The molecular weight excluding hydrogens is 166 g/mol. The van der Waals surface area contributed by atoms with E-state index in [2.05, 4.69) is 10.00 Å². The maximum Gasteiger partial charge on any atom is 0.0715 e. The Balaban J connectivity index is 2.62. The number of hydrogen-bond donors (Lipinski definition) is 1. The van der Waals surface area contributed by atoms with Gasteiger partial charge in [-0.25, -0.2) is 0 Å². The zero-order chi connectivity index (χ0) is 9.84. The van der Waals surface area contributed by atoms with Crippen LogP contribution in [0.1, 0.15) is 11.3 Å². The van der Waals surface area contributed by atoms with Crippen LogP contribution in [0.3, 0.4) is 0 Å². The van der Waals surface area contributed by atoms with Crippen molar-refractivity contribution in [3.8, 4) is 0 Å². The van der Waals surface area contributed by atoms with Crippen LogP contribution in [0.4, 0.5) is 0 Å². The third-order valence-electron chi connectivity index (χ3n) is 2.13. The molecule has 0 radical (unpaired) electrons. The minimum Gasteiger partial charge on any atom is -0.392 e. The Morgan fingerprint density at radius 3 is 2.69 bits per heavy atom. The Morgan fingerprint density at radius 1 is 1.54 bits per heavy atom. The van der Waals surface area contributed by atoms with Crippen molar-refractivity contribution in [2.75, 3.05) is 20.6 Å². The van der Waals surface area contributed by atoms with Crippen molar-refractivity contribution in [1.82, 2.24) is 14.7 Å². The second-order valence-corrected chi connectivity index (χ2v) is 3.44. The summed E-state index contributed by atoms with van der Waals surface area (Å²) in [6.45, 7) is 3.90. The van der Waals surface area contributed by atoms with Crippen LogP contribution >= 0.6 is 0 Å². The second-order valence-electron chi connectivity index (χ2n) is 3.44. The highest BCUT2D eigenvalue weighted by atomic mass is 16.3. The number of likely N-dealkylation sites (N-methyl/N-ethyl adjacent to an activating group) is 1. The van der Waals surface area contributed by atoms with Crippen molar-refractivity contribution in [2.24, 2.45) is 0 Å². The fourth-order valence-corrected chi connectivity index (χ4v) is 1.16. The van der Waals surface area contributed by atoms with Gasteiger partial charge in [0.15, 0.2) is 0 Å². The number of aromatic nitrogens is 2. The highest BCUT2D eigenvalue weighted by molar-refractivity contribution is 5.14. The molecule has 1 rings (SSSR count). The minimum absolute atomic E-state index is 0.0772. The fourth-order valence-electron chi connectivity index (χ4n) is 1.16. The lowest BCUT2D eigenvalue weighted by Crippen LogP contribution is -2.19. The average Bonchev–Trinajstić information content (AvgIpc) is 2.43. The summed E-state index contributed by atoms with van der Waals surface area (Å²) in [5.41, 5.74) is 1.98. The summed E-state index contributed by atoms with van der Waals surface area (Å²) in [7, 11) is 4.07. The van der Waals surface area contributed by atoms with E-state index >= 15 is 0 Å². The molecule has 0 spiro atoms. The number of aliphatic hydroxyl groups is 1. The van der Waals surface area contributed by atoms with Gasteiger partial charge in [-0.15, -0.1) is 0 Å². The van der Waals surface area contributed by atoms with Crippen molar-refractivity contribution < 1.29 is 5.11 Å². The maximum atomic E-state index is 8.95. The van der Waals surface area contributed by atoms with E-state index in [4.69, 9.17) is 5.11 Å². The lowest BCUT2D eigenvalue weighted by Gasteiger charge is -2.10. The van der Waals surface area contributed by atoms with Crippen molar-refractivity contribution in [3.05, 3.63) is 17.5 Å². The molecule has 0 atom stereocenters. The van der Waals surface area contributed by atoms with Crippen molar-refractivity contribution in [1.29, 1.82) is 0 Å². The predicted molar refractivity (Wildman–Crippen MR) is 51.4 cm³/mol. The summed E-state index contributed by atoms with van der Waals surface area (Å²) in [6, 6.07) is 0. The summed E-state index contributed by atoms with van der Waals surface area (Å²) in [4.78, 5) is 2.11. The highest BCUT2D eigenvalue weighted by Gasteiger charge is 2.04. The van der Waals surface area contributed by atoms with Gasteiger partial charge < -0.3 is 10.0 Å². The van der Waals surface area contributed by atoms with Gasteiger partial charge in [-0.3, -0.25) is 4.68 Å². The van der Waals surface area contributed by atoms with Crippen LogP contribution < -0.4 is 0 Å². The van der Waals surface area contributed by atoms with E-state index in [-0.39, 0.29) is 6.61 Å². The van der Waals surface area contributed by atoms with Crippen molar-refractivity contribution in [3.63, 3.8) is 0 Å². The standard InChI is InChI=1S/C9H17N3O/c1-8-9(7-13)6-10-12(8)5-4-11(2)3/h6,13H,4-5,7H2,1-3H3. The second kappa shape index (κ2) is 4.39. The highest BCUT2D eigenvalue weighted by Crippen LogP contribution is 2.06. The summed E-state index contributed by atoms with van der Waals surface area (Å²) >= 11 is 0. The van der Waals surface area contributed by atoms with Gasteiger partial charge in [0, 0.05) is 17.8 Å². The molecular formula is C9H17N3O. The molecule has 0 aliphatic rings. The molecule has 74 valence electrons. The van der Waals surface area contributed by atoms with E-state index in [1.807, 2.05) is 25.7 Å². The minimum atomic E-state index is 0.0772. The van der Waals surface area contributed by atoms with Gasteiger partial charge in [0.05, 0.1) is 19.3 Å². The SMILES string of the molecule is Cc1c(CO)cnn1CCN(C)C. The smallest absolute Gasteiger partial charge is 0.0715 e. The van der Waals surface area contributed by atoms with E-state index in [0.29, 0.717) is 0 Å². The van der Waals surface area contributed by atoms with E-state index in [9.17, 15) is 0 Å². The molecule has 0 saturated carbocycles. The Kier molecular flexibility index (Phi) is 3.45. The van der Waals surface area contributed by atoms with E-state index in [1.165, 1.54) is 0 Å². The first kappa shape index (κ1) is 10.2. The van der Waals surface area contributed by atoms with Crippen LogP contribution in [0.15, 0.2) is 6.20 Å². The largest absolute Gasteiger partial charge is 0.392 e. The van der Waals surface area contributed by atoms with Crippen LogP contribution in [0, 0.1) is 6.92 Å². The van der Waals surface area contributed by atoms with Crippen LogP contribution in [0.25, 0.3) is 0 Å². The van der Waals surface area contributed by atoms with Crippen LogP contribution in [0.2, 0.25) is 0 Å². The van der Waals surface area contributed by atoms with Crippen LogP contribution in [-0.2, 0) is 13.2 Å². The number of hydrogen-bond acceptors (Lipinski definition) is 3. The molecule has 0 fully saturated rings. The fraction of sp³-hybridized carbons (Fsp3) is 0.667. The van der Waals surface area contributed by atoms with Gasteiger partial charge in [0.1, 0.15) is 0 Å². The molecule has 0 aliphatic carbocycles. The zero-order valence-corrected chi connectivity index (χ0v) is 8.49. The number of nitrogens with zero attached hydrogens (tertiary/aromatic N) is 3. The van der Waals surface area contributed by atoms with Crippen molar-refractivity contribution >= 4 is 0 Å². The van der Waals surface area contributed by atoms with E-state index in [1.54, 1.807) is 6.20 Å². The molecule has 0 aliphatic heterocycles. The molecule has 1 heterocycles. The van der Waals surface area contributed by atoms with Gasteiger partial charge in [0.25, 0.3) is 0 Å². The van der Waals surface area contributed by atoms with Gasteiger partial charge in [-0.05, 0) is 21.0 Å².